The average molecular weight is 549 g/mol. The van der Waals surface area contributed by atoms with Crippen LogP contribution in [0.3, 0.4) is 0 Å². The van der Waals surface area contributed by atoms with E-state index in [0.29, 0.717) is 0 Å². The Bertz CT molecular complexity index is 875. The van der Waals surface area contributed by atoms with Crippen molar-refractivity contribution in [3.05, 3.63) is 60.7 Å². The Kier molecular flexibility index (Phi) is 6.72. The molecule has 2 nitrogen and oxygen atoms in total. The van der Waals surface area contributed by atoms with Gasteiger partial charge in [0.2, 0.25) is 0 Å². The number of hydrogen-bond donors (Lipinski definition) is 0. The van der Waals surface area contributed by atoms with Crippen LogP contribution in [0, 0.1) is 0 Å². The predicted octanol–water partition coefficient (Wildman–Crippen LogP) is 5.98. The van der Waals surface area contributed by atoms with Gasteiger partial charge in [0.05, 0.1) is 0 Å². The van der Waals surface area contributed by atoms with Crippen molar-refractivity contribution in [3.8, 4) is 0 Å². The van der Waals surface area contributed by atoms with Gasteiger partial charge >= 0.3 is 172 Å². The van der Waals surface area contributed by atoms with Crippen molar-refractivity contribution < 1.29 is 52.1 Å². The molecule has 0 aromatic heterocycles. The van der Waals surface area contributed by atoms with E-state index in [9.17, 15) is 48.5 Å². The van der Waals surface area contributed by atoms with Gasteiger partial charge in [-0.1, -0.05) is 0 Å². The SMILES string of the molecule is C[Se](OP(=O)(C(F)(F)C(F)(F)F)C(F)(F)C(F)(F)F)(c1ccccc1)c1ccccc1. The molecule has 2 aromatic rings. The van der Waals surface area contributed by atoms with Gasteiger partial charge in [0, 0.05) is 0 Å². The molecule has 0 aliphatic carbocycles. The van der Waals surface area contributed by atoms with Gasteiger partial charge in [0.25, 0.3) is 0 Å². The first kappa shape index (κ1) is 25.7. The maximum atomic E-state index is 14.1. The molecule has 0 saturated carbocycles. The number of benzene rings is 2. The standard InChI is InChI=1S/C17H13F10O2PSe/c1-31(12-8-4-2-5-9-12,13-10-6-3-7-11-13)29-30(28,16(24,25)14(18,19)20)17(26,27)15(21,22)23/h2-11H,1H3. The zero-order chi connectivity index (χ0) is 23.9. The van der Waals surface area contributed by atoms with Crippen LogP contribution in [0.25, 0.3) is 0 Å². The van der Waals surface area contributed by atoms with Crippen molar-refractivity contribution in [1.29, 1.82) is 0 Å². The van der Waals surface area contributed by atoms with E-state index in [4.69, 9.17) is 0 Å². The van der Waals surface area contributed by atoms with E-state index in [1.807, 2.05) is 0 Å². The Balaban J connectivity index is 2.87. The summed E-state index contributed by atoms with van der Waals surface area (Å²) in [5.41, 5.74) is -14.0. The van der Waals surface area contributed by atoms with Gasteiger partial charge in [-0.25, -0.2) is 0 Å². The molecule has 0 bridgehead atoms. The van der Waals surface area contributed by atoms with E-state index in [1.54, 1.807) is 0 Å². The van der Waals surface area contributed by atoms with Crippen LogP contribution in [0.2, 0.25) is 5.82 Å². The van der Waals surface area contributed by atoms with Gasteiger partial charge < -0.3 is 0 Å². The minimum atomic E-state index is -8.17. The normalized spacial score (nSPS) is 15.1. The van der Waals surface area contributed by atoms with E-state index in [0.717, 1.165) is 30.1 Å². The topological polar surface area (TPSA) is 26.3 Å². The van der Waals surface area contributed by atoms with E-state index in [-0.39, 0.29) is 8.92 Å². The molecule has 0 atom stereocenters. The fourth-order valence-electron chi connectivity index (χ4n) is 2.40. The van der Waals surface area contributed by atoms with Crippen LogP contribution in [-0.4, -0.2) is 36.9 Å². The van der Waals surface area contributed by atoms with Gasteiger partial charge in [-0.3, -0.25) is 0 Å². The Morgan fingerprint density at radius 1 is 0.645 bits per heavy atom. The monoisotopic (exact) mass is 550 g/mol. The second-order valence-corrected chi connectivity index (χ2v) is 15.0. The van der Waals surface area contributed by atoms with Crippen molar-refractivity contribution in [2.24, 2.45) is 0 Å². The summed E-state index contributed by atoms with van der Waals surface area (Å²) in [6.45, 7) is 0. The molecule has 2 rings (SSSR count). The van der Waals surface area contributed by atoms with Crippen molar-refractivity contribution in [2.45, 2.75) is 29.5 Å². The zero-order valence-corrected chi connectivity index (χ0v) is 17.8. The van der Waals surface area contributed by atoms with Gasteiger partial charge in [0.15, 0.2) is 0 Å². The van der Waals surface area contributed by atoms with Crippen LogP contribution in [0.4, 0.5) is 43.9 Å². The van der Waals surface area contributed by atoms with Gasteiger partial charge in [-0.15, -0.1) is 0 Å². The molecule has 0 fully saturated rings. The molecule has 0 aliphatic heterocycles. The zero-order valence-electron chi connectivity index (χ0n) is 15.2. The third-order valence-corrected chi connectivity index (χ3v) is 14.7. The van der Waals surface area contributed by atoms with Gasteiger partial charge in [-0.2, -0.15) is 0 Å². The summed E-state index contributed by atoms with van der Waals surface area (Å²) < 4.78 is 151. The van der Waals surface area contributed by atoms with Crippen molar-refractivity contribution in [1.82, 2.24) is 0 Å². The van der Waals surface area contributed by atoms with E-state index in [1.165, 1.54) is 36.4 Å². The molecule has 0 aliphatic rings. The second-order valence-electron chi connectivity index (χ2n) is 6.17. The molecule has 14 heteroatoms. The first-order valence-corrected chi connectivity index (χ1v) is 13.8. The number of halogens is 10. The summed E-state index contributed by atoms with van der Waals surface area (Å²) in [4.78, 5) is 0. The molecule has 31 heavy (non-hydrogen) atoms. The fraction of sp³-hybridized carbons (Fsp3) is 0.294. The molecular weight excluding hydrogens is 536 g/mol. The van der Waals surface area contributed by atoms with Gasteiger partial charge in [0.1, 0.15) is 0 Å². The van der Waals surface area contributed by atoms with Crippen LogP contribution in [0.15, 0.2) is 60.7 Å². The summed E-state index contributed by atoms with van der Waals surface area (Å²) in [7, 11) is -8.17. The molecule has 0 amide bonds. The summed E-state index contributed by atoms with van der Waals surface area (Å²) in [5, 5.41) is 0. The van der Waals surface area contributed by atoms with E-state index < -0.39 is 44.2 Å². The van der Waals surface area contributed by atoms with Gasteiger partial charge in [-0.05, 0) is 0 Å². The van der Waals surface area contributed by atoms with Crippen molar-refractivity contribution in [2.75, 3.05) is 0 Å². The third kappa shape index (κ3) is 4.25. The maximum absolute atomic E-state index is 14.1. The van der Waals surface area contributed by atoms with Crippen molar-refractivity contribution in [3.63, 3.8) is 0 Å². The summed E-state index contributed by atoms with van der Waals surface area (Å²) >= 11 is -4.98. The molecule has 0 unspecified atom stereocenters. The Morgan fingerprint density at radius 2 is 0.935 bits per heavy atom. The van der Waals surface area contributed by atoms with Crippen LogP contribution in [0.1, 0.15) is 0 Å². The average Bonchev–Trinajstić information content (AvgIpc) is 2.67. The number of rotatable bonds is 6. The number of hydrogen-bond acceptors (Lipinski definition) is 2. The predicted molar refractivity (Wildman–Crippen MR) is 94.5 cm³/mol. The second kappa shape index (κ2) is 8.10. The minimum absolute atomic E-state index is 0.235. The van der Waals surface area contributed by atoms with Crippen LogP contribution in [-0.2, 0) is 8.17 Å². The Hall–Kier alpha value is -1.55. The fourth-order valence-corrected chi connectivity index (χ4v) is 12.5. The summed E-state index contributed by atoms with van der Waals surface area (Å²) in [6.07, 6.45) is -14.0. The molecular formula is C17H13F10O2PSe. The van der Waals surface area contributed by atoms with E-state index >= 15 is 0 Å². The summed E-state index contributed by atoms with van der Waals surface area (Å²) in [5.74, 6) is 0.826. The quantitative estimate of drug-likeness (QED) is 0.252. The molecule has 0 radical (unpaired) electrons. The molecule has 0 heterocycles. The third-order valence-electron chi connectivity index (χ3n) is 4.06. The molecule has 0 saturated heterocycles. The first-order chi connectivity index (χ1) is 13.9. The molecule has 174 valence electrons. The van der Waals surface area contributed by atoms with Crippen LogP contribution >= 0.6 is 7.37 Å². The first-order valence-electron chi connectivity index (χ1n) is 8.01. The van der Waals surface area contributed by atoms with Crippen LogP contribution < -0.4 is 8.92 Å². The molecule has 0 spiro atoms. The molecule has 0 N–H and O–H groups in total. The Morgan fingerprint density at radius 3 is 1.19 bits per heavy atom. The number of alkyl halides is 10. The molecule has 2 aromatic carbocycles. The van der Waals surface area contributed by atoms with E-state index in [2.05, 4.69) is 3.61 Å². The summed E-state index contributed by atoms with van der Waals surface area (Å²) in [6, 6.07) is 12.1. The van der Waals surface area contributed by atoms with Crippen molar-refractivity contribution >= 4 is 29.5 Å². The Labute approximate surface area is 172 Å². The van der Waals surface area contributed by atoms with Crippen LogP contribution in [0.5, 0.6) is 0 Å².